The zero-order valence-electron chi connectivity index (χ0n) is 14.3. The van der Waals surface area contributed by atoms with Gasteiger partial charge in [-0.05, 0) is 29.7 Å². The molecular weight excluding hydrogens is 316 g/mol. The molecule has 3 rings (SSSR count). The van der Waals surface area contributed by atoms with E-state index in [0.717, 1.165) is 16.8 Å². The molecule has 0 spiro atoms. The van der Waals surface area contributed by atoms with Gasteiger partial charge in [-0.1, -0.05) is 37.2 Å². The van der Waals surface area contributed by atoms with E-state index in [1.54, 1.807) is 12.4 Å². The molecule has 0 fully saturated rings. The van der Waals surface area contributed by atoms with Crippen LogP contribution in [0.5, 0.6) is 0 Å². The maximum absolute atomic E-state index is 12.0. The molecule has 6 heteroatoms. The maximum atomic E-state index is 12.0. The largest absolute Gasteiger partial charge is 0.339 e. The third-order valence-electron chi connectivity index (χ3n) is 3.63. The number of aromatic nitrogens is 3. The number of pyridine rings is 1. The Bertz CT molecular complexity index is 843. The minimum Gasteiger partial charge on any atom is -0.339 e. The highest BCUT2D eigenvalue weighted by molar-refractivity contribution is 5.91. The molecule has 25 heavy (non-hydrogen) atoms. The van der Waals surface area contributed by atoms with Crippen molar-refractivity contribution < 1.29 is 9.32 Å². The predicted molar refractivity (Wildman–Crippen MR) is 94.9 cm³/mol. The second-order valence-electron chi connectivity index (χ2n) is 6.23. The van der Waals surface area contributed by atoms with E-state index >= 15 is 0 Å². The number of amides is 1. The summed E-state index contributed by atoms with van der Waals surface area (Å²) in [6.07, 6.45) is 4.31. The van der Waals surface area contributed by atoms with Crippen LogP contribution in [0.1, 0.15) is 31.7 Å². The molecule has 6 nitrogen and oxygen atoms in total. The first-order valence-corrected chi connectivity index (χ1v) is 8.22. The highest BCUT2D eigenvalue weighted by atomic mass is 16.5. The molecule has 0 radical (unpaired) electrons. The van der Waals surface area contributed by atoms with E-state index < -0.39 is 0 Å². The van der Waals surface area contributed by atoms with E-state index in [1.165, 1.54) is 0 Å². The van der Waals surface area contributed by atoms with Gasteiger partial charge in [0.2, 0.25) is 17.6 Å². The maximum Gasteiger partial charge on any atom is 0.231 e. The molecule has 1 amide bonds. The number of hydrogen-bond acceptors (Lipinski definition) is 5. The van der Waals surface area contributed by atoms with Gasteiger partial charge >= 0.3 is 0 Å². The number of hydrogen-bond donors (Lipinski definition) is 1. The lowest BCUT2D eigenvalue weighted by atomic mass is 10.1. The molecule has 2 aromatic heterocycles. The number of anilines is 1. The highest BCUT2D eigenvalue weighted by Gasteiger charge is 2.13. The van der Waals surface area contributed by atoms with E-state index in [4.69, 9.17) is 4.52 Å². The van der Waals surface area contributed by atoms with Crippen LogP contribution in [-0.2, 0) is 11.2 Å². The van der Waals surface area contributed by atoms with Crippen LogP contribution < -0.4 is 5.32 Å². The number of carbonyl (C=O) groups is 1. The van der Waals surface area contributed by atoms with E-state index in [-0.39, 0.29) is 5.91 Å². The van der Waals surface area contributed by atoms with Gasteiger partial charge in [0.05, 0.1) is 6.42 Å². The molecule has 0 saturated carbocycles. The van der Waals surface area contributed by atoms with Crippen LogP contribution in [-0.4, -0.2) is 21.0 Å². The molecule has 0 saturated heterocycles. The number of para-hydroxylation sites is 1. The monoisotopic (exact) mass is 336 g/mol. The average Bonchev–Trinajstić information content (AvgIpc) is 3.05. The SMILES string of the molecule is CC(C)CC(=O)Nc1ccccc1Cc1nc(-c2ccncc2)no1. The summed E-state index contributed by atoms with van der Waals surface area (Å²) in [4.78, 5) is 20.5. The van der Waals surface area contributed by atoms with Crippen molar-refractivity contribution in [3.8, 4) is 11.4 Å². The molecule has 2 heterocycles. The van der Waals surface area contributed by atoms with Gasteiger partial charge in [-0.2, -0.15) is 4.98 Å². The summed E-state index contributed by atoms with van der Waals surface area (Å²) in [5.41, 5.74) is 2.56. The van der Waals surface area contributed by atoms with Gasteiger partial charge in [-0.3, -0.25) is 9.78 Å². The number of benzene rings is 1. The van der Waals surface area contributed by atoms with Gasteiger partial charge in [0, 0.05) is 30.1 Å². The summed E-state index contributed by atoms with van der Waals surface area (Å²) >= 11 is 0. The van der Waals surface area contributed by atoms with E-state index in [1.807, 2.05) is 50.2 Å². The van der Waals surface area contributed by atoms with Crippen molar-refractivity contribution in [1.29, 1.82) is 0 Å². The highest BCUT2D eigenvalue weighted by Crippen LogP contribution is 2.21. The fourth-order valence-electron chi connectivity index (χ4n) is 2.48. The summed E-state index contributed by atoms with van der Waals surface area (Å²) in [5.74, 6) is 1.34. The Morgan fingerprint density at radius 2 is 1.92 bits per heavy atom. The Hall–Kier alpha value is -3.02. The average molecular weight is 336 g/mol. The summed E-state index contributed by atoms with van der Waals surface area (Å²) in [7, 11) is 0. The van der Waals surface area contributed by atoms with Crippen molar-refractivity contribution in [2.75, 3.05) is 5.32 Å². The van der Waals surface area contributed by atoms with Gasteiger partial charge in [0.1, 0.15) is 0 Å². The number of rotatable bonds is 6. The van der Waals surface area contributed by atoms with Crippen molar-refractivity contribution in [2.24, 2.45) is 5.92 Å². The van der Waals surface area contributed by atoms with E-state index in [2.05, 4.69) is 20.4 Å². The summed E-state index contributed by atoms with van der Waals surface area (Å²) < 4.78 is 5.35. The smallest absolute Gasteiger partial charge is 0.231 e. The van der Waals surface area contributed by atoms with Crippen LogP contribution in [0.4, 0.5) is 5.69 Å². The molecule has 0 aliphatic rings. The lowest BCUT2D eigenvalue weighted by Crippen LogP contribution is -2.15. The normalized spacial score (nSPS) is 10.8. The Morgan fingerprint density at radius 3 is 2.68 bits per heavy atom. The van der Waals surface area contributed by atoms with Crippen molar-refractivity contribution in [2.45, 2.75) is 26.7 Å². The molecule has 0 unspecified atom stereocenters. The van der Waals surface area contributed by atoms with Gasteiger partial charge < -0.3 is 9.84 Å². The molecule has 0 aliphatic heterocycles. The van der Waals surface area contributed by atoms with Crippen molar-refractivity contribution in [1.82, 2.24) is 15.1 Å². The Balaban J connectivity index is 1.75. The second-order valence-corrected chi connectivity index (χ2v) is 6.23. The van der Waals surface area contributed by atoms with Crippen LogP contribution in [0, 0.1) is 5.92 Å². The van der Waals surface area contributed by atoms with Crippen molar-refractivity contribution in [3.63, 3.8) is 0 Å². The van der Waals surface area contributed by atoms with Gasteiger partial charge in [-0.25, -0.2) is 0 Å². The minimum absolute atomic E-state index is 0.00505. The zero-order valence-corrected chi connectivity index (χ0v) is 14.3. The molecule has 1 aromatic carbocycles. The Kier molecular flexibility index (Phi) is 5.18. The number of nitrogens with zero attached hydrogens (tertiary/aromatic N) is 3. The first-order valence-electron chi connectivity index (χ1n) is 8.22. The number of nitrogens with one attached hydrogen (secondary N) is 1. The van der Waals surface area contributed by atoms with E-state index in [0.29, 0.717) is 30.5 Å². The predicted octanol–water partition coefficient (Wildman–Crippen LogP) is 3.71. The summed E-state index contributed by atoms with van der Waals surface area (Å²) in [6.45, 7) is 4.04. The van der Waals surface area contributed by atoms with Crippen LogP contribution in [0.15, 0.2) is 53.3 Å². The molecule has 1 N–H and O–H groups in total. The van der Waals surface area contributed by atoms with Gasteiger partial charge in [0.25, 0.3) is 0 Å². The lowest BCUT2D eigenvalue weighted by molar-refractivity contribution is -0.116. The first-order chi connectivity index (χ1) is 12.1. The van der Waals surface area contributed by atoms with Gasteiger partial charge in [0.15, 0.2) is 0 Å². The lowest BCUT2D eigenvalue weighted by Gasteiger charge is -2.10. The quantitative estimate of drug-likeness (QED) is 0.742. The zero-order chi connectivity index (χ0) is 17.6. The molecule has 0 bridgehead atoms. The Labute approximate surface area is 146 Å². The van der Waals surface area contributed by atoms with Crippen LogP contribution in [0.3, 0.4) is 0 Å². The summed E-state index contributed by atoms with van der Waals surface area (Å²) in [6, 6.07) is 11.3. The first kappa shape index (κ1) is 16.8. The third-order valence-corrected chi connectivity index (χ3v) is 3.63. The fraction of sp³-hybridized carbons (Fsp3) is 0.263. The van der Waals surface area contributed by atoms with Gasteiger partial charge in [-0.15, -0.1) is 0 Å². The summed E-state index contributed by atoms with van der Waals surface area (Å²) in [5, 5.41) is 6.97. The fourth-order valence-corrected chi connectivity index (χ4v) is 2.48. The van der Waals surface area contributed by atoms with Crippen molar-refractivity contribution in [3.05, 3.63) is 60.2 Å². The topological polar surface area (TPSA) is 80.9 Å². The molecule has 0 atom stereocenters. The molecule has 128 valence electrons. The van der Waals surface area contributed by atoms with Crippen molar-refractivity contribution >= 4 is 11.6 Å². The third kappa shape index (κ3) is 4.50. The molecular formula is C19H20N4O2. The van der Waals surface area contributed by atoms with Crippen LogP contribution in [0.2, 0.25) is 0 Å². The second kappa shape index (κ2) is 7.70. The standard InChI is InChI=1S/C19H20N4O2/c1-13(2)11-17(24)21-16-6-4-3-5-15(16)12-18-22-19(23-25-18)14-7-9-20-10-8-14/h3-10,13H,11-12H2,1-2H3,(H,21,24). The molecule has 0 aliphatic carbocycles. The number of carbonyl (C=O) groups excluding carboxylic acids is 1. The Morgan fingerprint density at radius 1 is 1.16 bits per heavy atom. The molecule has 3 aromatic rings. The van der Waals surface area contributed by atoms with Crippen LogP contribution >= 0.6 is 0 Å². The van der Waals surface area contributed by atoms with E-state index in [9.17, 15) is 4.79 Å². The van der Waals surface area contributed by atoms with Crippen LogP contribution in [0.25, 0.3) is 11.4 Å². The minimum atomic E-state index is 0.00505.